The minimum absolute atomic E-state index is 0.198. The predicted octanol–water partition coefficient (Wildman–Crippen LogP) is 0.909. The Morgan fingerprint density at radius 3 is 2.89 bits per heavy atom. The van der Waals surface area contributed by atoms with E-state index in [4.69, 9.17) is 0 Å². The van der Waals surface area contributed by atoms with Crippen LogP contribution in [-0.4, -0.2) is 31.4 Å². The lowest BCUT2D eigenvalue weighted by molar-refractivity contribution is -0.122. The van der Waals surface area contributed by atoms with Crippen LogP contribution in [0.4, 0.5) is 5.69 Å². The van der Waals surface area contributed by atoms with Gasteiger partial charge in [0.15, 0.2) is 0 Å². The molecule has 3 N–H and O–H groups in total. The van der Waals surface area contributed by atoms with Gasteiger partial charge in [-0.25, -0.2) is 0 Å². The van der Waals surface area contributed by atoms with E-state index in [1.54, 1.807) is 20.0 Å². The zero-order valence-electron chi connectivity index (χ0n) is 11.2. The number of amides is 2. The highest BCUT2D eigenvalue weighted by atomic mass is 16.2. The zero-order chi connectivity index (χ0) is 13.8. The van der Waals surface area contributed by atoms with Crippen LogP contribution in [0.1, 0.15) is 29.3 Å². The lowest BCUT2D eigenvalue weighted by Crippen LogP contribution is -2.43. The van der Waals surface area contributed by atoms with Crippen molar-refractivity contribution in [2.45, 2.75) is 25.8 Å². The van der Waals surface area contributed by atoms with Crippen molar-refractivity contribution in [1.82, 2.24) is 10.6 Å². The molecule has 0 fully saturated rings. The summed E-state index contributed by atoms with van der Waals surface area (Å²) in [5, 5.41) is 8.52. The molecule has 1 atom stereocenters. The van der Waals surface area contributed by atoms with Crippen molar-refractivity contribution in [3.8, 4) is 0 Å². The zero-order valence-corrected chi connectivity index (χ0v) is 11.2. The second kappa shape index (κ2) is 5.73. The smallest absolute Gasteiger partial charge is 0.252 e. The molecule has 1 aromatic carbocycles. The van der Waals surface area contributed by atoms with Crippen LogP contribution in [0.25, 0.3) is 0 Å². The van der Waals surface area contributed by atoms with Gasteiger partial charge in [-0.3, -0.25) is 9.59 Å². The number of hydrogen-bond donors (Lipinski definition) is 3. The van der Waals surface area contributed by atoms with Gasteiger partial charge in [0.2, 0.25) is 5.91 Å². The van der Waals surface area contributed by atoms with Gasteiger partial charge >= 0.3 is 0 Å². The first-order valence-corrected chi connectivity index (χ1v) is 6.51. The number of benzene rings is 1. The van der Waals surface area contributed by atoms with E-state index in [2.05, 4.69) is 16.0 Å². The number of fused-ring (bicyclic) bond motifs is 1. The van der Waals surface area contributed by atoms with Crippen molar-refractivity contribution in [1.29, 1.82) is 0 Å². The molecule has 0 spiro atoms. The summed E-state index contributed by atoms with van der Waals surface area (Å²) in [6, 6.07) is 5.10. The maximum Gasteiger partial charge on any atom is 0.252 e. The second-order valence-electron chi connectivity index (χ2n) is 4.67. The summed E-state index contributed by atoms with van der Waals surface area (Å²) in [7, 11) is 1.55. The minimum atomic E-state index is -0.537. The number of nitrogens with one attached hydrogen (secondary N) is 3. The van der Waals surface area contributed by atoms with Gasteiger partial charge in [-0.05, 0) is 37.5 Å². The van der Waals surface area contributed by atoms with Gasteiger partial charge in [0.05, 0.1) is 0 Å². The summed E-state index contributed by atoms with van der Waals surface area (Å²) >= 11 is 0. The Labute approximate surface area is 112 Å². The van der Waals surface area contributed by atoms with Crippen molar-refractivity contribution >= 4 is 17.5 Å². The molecule has 1 aliphatic rings. The molecule has 1 heterocycles. The molecule has 5 heteroatoms. The van der Waals surface area contributed by atoms with Crippen LogP contribution in [-0.2, 0) is 11.2 Å². The van der Waals surface area contributed by atoms with Gasteiger partial charge in [-0.15, -0.1) is 0 Å². The van der Waals surface area contributed by atoms with Crippen molar-refractivity contribution in [2.24, 2.45) is 0 Å². The molecule has 1 unspecified atom stereocenters. The van der Waals surface area contributed by atoms with Gasteiger partial charge in [0, 0.05) is 24.8 Å². The Hall–Kier alpha value is -2.04. The Balaban J connectivity index is 2.18. The summed E-state index contributed by atoms with van der Waals surface area (Å²) < 4.78 is 0. The highest BCUT2D eigenvalue weighted by molar-refractivity contribution is 5.99. The number of carbonyl (C=O) groups is 2. The topological polar surface area (TPSA) is 70.2 Å². The van der Waals surface area contributed by atoms with E-state index < -0.39 is 6.04 Å². The second-order valence-corrected chi connectivity index (χ2v) is 4.67. The summed E-state index contributed by atoms with van der Waals surface area (Å²) in [5.74, 6) is -0.395. The number of carbonyl (C=O) groups excluding carboxylic acids is 2. The Bertz CT molecular complexity index is 499. The number of anilines is 1. The average molecular weight is 261 g/mol. The molecule has 0 aromatic heterocycles. The lowest BCUT2D eigenvalue weighted by atomic mass is 9.97. The quantitative estimate of drug-likeness (QED) is 0.757. The molecule has 5 nitrogen and oxygen atoms in total. The molecule has 1 aliphatic heterocycles. The van der Waals surface area contributed by atoms with Crippen LogP contribution < -0.4 is 16.0 Å². The Morgan fingerprint density at radius 1 is 1.37 bits per heavy atom. The van der Waals surface area contributed by atoms with Gasteiger partial charge in [-0.2, -0.15) is 0 Å². The lowest BCUT2D eigenvalue weighted by Gasteiger charge is -2.21. The Morgan fingerprint density at radius 2 is 2.16 bits per heavy atom. The third kappa shape index (κ3) is 2.86. The summed E-state index contributed by atoms with van der Waals surface area (Å²) in [4.78, 5) is 23.7. The molecule has 0 bridgehead atoms. The van der Waals surface area contributed by atoms with Crippen LogP contribution in [0, 0.1) is 0 Å². The molecule has 0 saturated heterocycles. The molecule has 0 radical (unpaired) electrons. The predicted molar refractivity (Wildman–Crippen MR) is 74.2 cm³/mol. The molecule has 0 saturated carbocycles. The number of likely N-dealkylation sites (N-methyl/N-ethyl adjacent to an activating group) is 1. The van der Waals surface area contributed by atoms with Crippen LogP contribution in [0.2, 0.25) is 0 Å². The molecule has 102 valence electrons. The first kappa shape index (κ1) is 13.4. The fourth-order valence-corrected chi connectivity index (χ4v) is 2.28. The van der Waals surface area contributed by atoms with E-state index in [9.17, 15) is 9.59 Å². The molecular formula is C14H19N3O2. The maximum atomic E-state index is 12.2. The first-order valence-electron chi connectivity index (χ1n) is 6.51. The van der Waals surface area contributed by atoms with Crippen LogP contribution in [0.5, 0.6) is 0 Å². The normalized spacial score (nSPS) is 14.8. The largest absolute Gasteiger partial charge is 0.385 e. The number of rotatable bonds is 3. The van der Waals surface area contributed by atoms with E-state index in [1.807, 2.05) is 12.1 Å². The van der Waals surface area contributed by atoms with Gasteiger partial charge in [-0.1, -0.05) is 6.07 Å². The van der Waals surface area contributed by atoms with Crippen LogP contribution >= 0.6 is 0 Å². The van der Waals surface area contributed by atoms with E-state index in [-0.39, 0.29) is 11.8 Å². The molecule has 19 heavy (non-hydrogen) atoms. The van der Waals surface area contributed by atoms with E-state index >= 15 is 0 Å². The summed E-state index contributed by atoms with van der Waals surface area (Å²) in [5.41, 5.74) is 2.71. The standard InChI is InChI=1S/C14H19N3O2/c1-9(13(18)15-2)17-14(19)11-5-3-7-12-10(11)6-4-8-16-12/h3,5,7,9,16H,4,6,8H2,1-2H3,(H,15,18)(H,17,19). The monoisotopic (exact) mass is 261 g/mol. The molecule has 2 rings (SSSR count). The van der Waals surface area contributed by atoms with E-state index in [0.717, 1.165) is 30.6 Å². The van der Waals surface area contributed by atoms with Crippen LogP contribution in [0.3, 0.4) is 0 Å². The third-order valence-electron chi connectivity index (χ3n) is 3.33. The molecule has 1 aromatic rings. The molecule has 0 aliphatic carbocycles. The average Bonchev–Trinajstić information content (AvgIpc) is 2.45. The fraction of sp³-hybridized carbons (Fsp3) is 0.429. The highest BCUT2D eigenvalue weighted by Gasteiger charge is 2.20. The number of hydrogen-bond acceptors (Lipinski definition) is 3. The van der Waals surface area contributed by atoms with Gasteiger partial charge in [0.25, 0.3) is 5.91 Å². The molecule has 2 amide bonds. The highest BCUT2D eigenvalue weighted by Crippen LogP contribution is 2.25. The minimum Gasteiger partial charge on any atom is -0.385 e. The van der Waals surface area contributed by atoms with E-state index in [0.29, 0.717) is 5.56 Å². The van der Waals surface area contributed by atoms with E-state index in [1.165, 1.54) is 0 Å². The van der Waals surface area contributed by atoms with Crippen molar-refractivity contribution in [2.75, 3.05) is 18.9 Å². The fourth-order valence-electron chi connectivity index (χ4n) is 2.28. The van der Waals surface area contributed by atoms with Crippen LogP contribution in [0.15, 0.2) is 18.2 Å². The van der Waals surface area contributed by atoms with Crippen molar-refractivity contribution in [3.05, 3.63) is 29.3 Å². The first-order chi connectivity index (χ1) is 9.13. The van der Waals surface area contributed by atoms with Gasteiger partial charge in [0.1, 0.15) is 6.04 Å². The van der Waals surface area contributed by atoms with Crippen molar-refractivity contribution < 1.29 is 9.59 Å². The summed E-state index contributed by atoms with van der Waals surface area (Å²) in [6.45, 7) is 2.61. The van der Waals surface area contributed by atoms with Gasteiger partial charge < -0.3 is 16.0 Å². The Kier molecular flexibility index (Phi) is 4.04. The van der Waals surface area contributed by atoms with Crippen molar-refractivity contribution in [3.63, 3.8) is 0 Å². The molecular weight excluding hydrogens is 242 g/mol. The maximum absolute atomic E-state index is 12.2. The summed E-state index contributed by atoms with van der Waals surface area (Å²) in [6.07, 6.45) is 1.91. The third-order valence-corrected chi connectivity index (χ3v) is 3.33. The SMILES string of the molecule is CNC(=O)C(C)NC(=O)c1cccc2c1CCCN2.